The van der Waals surface area contributed by atoms with E-state index in [-0.39, 0.29) is 5.92 Å². The second-order valence-electron chi connectivity index (χ2n) is 5.45. The Morgan fingerprint density at radius 2 is 2.06 bits per heavy atom. The molecule has 0 aliphatic heterocycles. The molecule has 1 aliphatic rings. The molecule has 1 fully saturated rings. The molecule has 0 aromatic rings. The van der Waals surface area contributed by atoms with Gasteiger partial charge in [-0.2, -0.15) is 5.26 Å². The third kappa shape index (κ3) is 4.09. The van der Waals surface area contributed by atoms with Gasteiger partial charge in [0.2, 0.25) is 0 Å². The van der Waals surface area contributed by atoms with Crippen LogP contribution in [0.4, 0.5) is 4.79 Å². The zero-order valence-corrected chi connectivity index (χ0v) is 10.4. The SMILES string of the molecule is CC(C1CC1)C(C#N)NC(=O)OC(C)(C)C. The second-order valence-corrected chi connectivity index (χ2v) is 5.45. The van der Waals surface area contributed by atoms with Gasteiger partial charge in [0.25, 0.3) is 0 Å². The Bertz CT molecular complexity index is 297. The van der Waals surface area contributed by atoms with Crippen molar-refractivity contribution >= 4 is 6.09 Å². The molecule has 16 heavy (non-hydrogen) atoms. The molecule has 4 nitrogen and oxygen atoms in total. The van der Waals surface area contributed by atoms with Gasteiger partial charge in [0.1, 0.15) is 11.6 Å². The highest BCUT2D eigenvalue weighted by atomic mass is 16.6. The van der Waals surface area contributed by atoms with Gasteiger partial charge < -0.3 is 10.1 Å². The lowest BCUT2D eigenvalue weighted by molar-refractivity contribution is 0.0501. The number of nitriles is 1. The van der Waals surface area contributed by atoms with Crippen molar-refractivity contribution in [3.63, 3.8) is 0 Å². The lowest BCUT2D eigenvalue weighted by Crippen LogP contribution is -2.42. The number of carbonyl (C=O) groups excluding carboxylic acids is 1. The van der Waals surface area contributed by atoms with Crippen molar-refractivity contribution in [3.8, 4) is 6.07 Å². The molecule has 1 aliphatic carbocycles. The predicted octanol–water partition coefficient (Wildman–Crippen LogP) is 2.45. The minimum atomic E-state index is -0.521. The number of rotatable bonds is 3. The number of alkyl carbamates (subject to hydrolysis) is 1. The van der Waals surface area contributed by atoms with Crippen molar-refractivity contribution < 1.29 is 9.53 Å². The van der Waals surface area contributed by atoms with Crippen LogP contribution >= 0.6 is 0 Å². The van der Waals surface area contributed by atoms with Gasteiger partial charge in [-0.1, -0.05) is 6.92 Å². The molecule has 90 valence electrons. The Labute approximate surface area is 97.0 Å². The Morgan fingerprint density at radius 1 is 1.50 bits per heavy atom. The maximum absolute atomic E-state index is 11.5. The summed E-state index contributed by atoms with van der Waals surface area (Å²) in [6.07, 6.45) is 1.82. The molecule has 0 aromatic heterocycles. The standard InChI is InChI=1S/C12H20N2O2/c1-8(9-5-6-9)10(7-13)14-11(15)16-12(2,3)4/h8-10H,5-6H2,1-4H3,(H,14,15). The van der Waals surface area contributed by atoms with Crippen LogP contribution in [0.3, 0.4) is 0 Å². The highest BCUT2D eigenvalue weighted by molar-refractivity contribution is 5.68. The van der Waals surface area contributed by atoms with E-state index in [0.29, 0.717) is 5.92 Å². The normalized spacial score (nSPS) is 19.4. The van der Waals surface area contributed by atoms with E-state index in [1.54, 1.807) is 20.8 Å². The smallest absolute Gasteiger partial charge is 0.408 e. The van der Waals surface area contributed by atoms with Gasteiger partial charge in [0.15, 0.2) is 0 Å². The van der Waals surface area contributed by atoms with E-state index in [1.807, 2.05) is 6.92 Å². The van der Waals surface area contributed by atoms with Crippen molar-refractivity contribution in [1.29, 1.82) is 5.26 Å². The first-order valence-corrected chi connectivity index (χ1v) is 5.72. The average Bonchev–Trinajstić information content (AvgIpc) is 2.93. The molecule has 1 rings (SSSR count). The molecular weight excluding hydrogens is 204 g/mol. The van der Waals surface area contributed by atoms with E-state index >= 15 is 0 Å². The van der Waals surface area contributed by atoms with Crippen molar-refractivity contribution in [2.45, 2.75) is 52.2 Å². The van der Waals surface area contributed by atoms with Gasteiger partial charge in [-0.3, -0.25) is 0 Å². The first-order chi connectivity index (χ1) is 7.33. The molecule has 2 atom stereocenters. The number of nitrogens with one attached hydrogen (secondary N) is 1. The molecule has 0 saturated heterocycles. The highest BCUT2D eigenvalue weighted by Gasteiger charge is 2.34. The largest absolute Gasteiger partial charge is 0.444 e. The summed E-state index contributed by atoms with van der Waals surface area (Å²) in [6.45, 7) is 7.41. The van der Waals surface area contributed by atoms with Crippen LogP contribution in [0.2, 0.25) is 0 Å². The summed E-state index contributed by atoms with van der Waals surface area (Å²) in [7, 11) is 0. The van der Waals surface area contributed by atoms with Crippen molar-refractivity contribution in [2.24, 2.45) is 11.8 Å². The van der Waals surface area contributed by atoms with Crippen LogP contribution in [0.25, 0.3) is 0 Å². The summed E-state index contributed by atoms with van der Waals surface area (Å²) in [5.41, 5.74) is -0.521. The third-order valence-corrected chi connectivity index (χ3v) is 2.70. The van der Waals surface area contributed by atoms with E-state index in [2.05, 4.69) is 11.4 Å². The summed E-state index contributed by atoms with van der Waals surface area (Å²) in [5.74, 6) is 0.789. The Kier molecular flexibility index (Phi) is 3.79. The van der Waals surface area contributed by atoms with Crippen molar-refractivity contribution in [2.75, 3.05) is 0 Å². The topological polar surface area (TPSA) is 62.1 Å². The molecule has 2 unspecified atom stereocenters. The van der Waals surface area contributed by atoms with Crippen LogP contribution in [-0.2, 0) is 4.74 Å². The monoisotopic (exact) mass is 224 g/mol. The lowest BCUT2D eigenvalue weighted by Gasteiger charge is -2.23. The number of hydrogen-bond donors (Lipinski definition) is 1. The van der Waals surface area contributed by atoms with Gasteiger partial charge in [-0.15, -0.1) is 0 Å². The molecule has 1 saturated carbocycles. The first kappa shape index (κ1) is 12.8. The lowest BCUT2D eigenvalue weighted by atomic mass is 9.98. The summed E-state index contributed by atoms with van der Waals surface area (Å²) in [5, 5.41) is 11.6. The van der Waals surface area contributed by atoms with Gasteiger partial charge >= 0.3 is 6.09 Å². The molecular formula is C12H20N2O2. The molecule has 1 N–H and O–H groups in total. The maximum atomic E-state index is 11.5. The molecule has 0 heterocycles. The number of nitrogens with zero attached hydrogens (tertiary/aromatic N) is 1. The minimum absolute atomic E-state index is 0.206. The van der Waals surface area contributed by atoms with Crippen LogP contribution in [0, 0.1) is 23.2 Å². The van der Waals surface area contributed by atoms with Gasteiger partial charge in [-0.25, -0.2) is 4.79 Å². The third-order valence-electron chi connectivity index (χ3n) is 2.70. The second kappa shape index (κ2) is 4.73. The van der Waals surface area contributed by atoms with Crippen LogP contribution in [0.5, 0.6) is 0 Å². The zero-order chi connectivity index (χ0) is 12.3. The molecule has 0 spiro atoms. The number of hydrogen-bond acceptors (Lipinski definition) is 3. The van der Waals surface area contributed by atoms with Gasteiger partial charge in [0.05, 0.1) is 6.07 Å². The van der Waals surface area contributed by atoms with Crippen LogP contribution < -0.4 is 5.32 Å². The van der Waals surface area contributed by atoms with Crippen molar-refractivity contribution in [3.05, 3.63) is 0 Å². The van der Waals surface area contributed by atoms with Crippen molar-refractivity contribution in [1.82, 2.24) is 5.32 Å². The molecule has 0 aromatic carbocycles. The zero-order valence-electron chi connectivity index (χ0n) is 10.4. The quantitative estimate of drug-likeness (QED) is 0.801. The van der Waals surface area contributed by atoms with Gasteiger partial charge in [0, 0.05) is 0 Å². The predicted molar refractivity (Wildman–Crippen MR) is 60.7 cm³/mol. The minimum Gasteiger partial charge on any atom is -0.444 e. The highest BCUT2D eigenvalue weighted by Crippen LogP contribution is 2.38. The average molecular weight is 224 g/mol. The number of ether oxygens (including phenoxy) is 1. The summed E-state index contributed by atoms with van der Waals surface area (Å²) >= 11 is 0. The fourth-order valence-corrected chi connectivity index (χ4v) is 1.61. The number of amides is 1. The van der Waals surface area contributed by atoms with E-state index in [0.717, 1.165) is 12.8 Å². The number of carbonyl (C=O) groups is 1. The van der Waals surface area contributed by atoms with E-state index < -0.39 is 17.7 Å². The van der Waals surface area contributed by atoms with E-state index in [1.165, 1.54) is 0 Å². The first-order valence-electron chi connectivity index (χ1n) is 5.72. The summed E-state index contributed by atoms with van der Waals surface area (Å²) in [6, 6.07) is 1.69. The van der Waals surface area contributed by atoms with E-state index in [9.17, 15) is 4.79 Å². The van der Waals surface area contributed by atoms with Crippen LogP contribution in [0.15, 0.2) is 0 Å². The Hall–Kier alpha value is -1.24. The molecule has 4 heteroatoms. The van der Waals surface area contributed by atoms with E-state index in [4.69, 9.17) is 10.00 Å². The fraction of sp³-hybridized carbons (Fsp3) is 0.833. The van der Waals surface area contributed by atoms with Crippen LogP contribution in [-0.4, -0.2) is 17.7 Å². The maximum Gasteiger partial charge on any atom is 0.408 e. The fourth-order valence-electron chi connectivity index (χ4n) is 1.61. The summed E-state index contributed by atoms with van der Waals surface area (Å²) in [4.78, 5) is 11.5. The Morgan fingerprint density at radius 3 is 2.44 bits per heavy atom. The van der Waals surface area contributed by atoms with Gasteiger partial charge in [-0.05, 0) is 45.4 Å². The van der Waals surface area contributed by atoms with Crippen LogP contribution in [0.1, 0.15) is 40.5 Å². The molecule has 0 radical (unpaired) electrons. The molecule has 0 bridgehead atoms. The Balaban J connectivity index is 2.44. The molecule has 1 amide bonds. The summed E-state index contributed by atoms with van der Waals surface area (Å²) < 4.78 is 5.12.